The first-order chi connectivity index (χ1) is 8.92. The van der Waals surface area contributed by atoms with Gasteiger partial charge in [0.25, 0.3) is 0 Å². The Balaban J connectivity index is 3.02. The molecule has 3 N–H and O–H groups in total. The van der Waals surface area contributed by atoms with Crippen LogP contribution < -0.4 is 10.0 Å². The predicted molar refractivity (Wildman–Crippen MR) is 77.9 cm³/mol. The molecular formula is C13H22N2O3S. The summed E-state index contributed by atoms with van der Waals surface area (Å²) in [4.78, 5) is 0. The number of aryl methyl sites for hydroxylation is 1. The Morgan fingerprint density at radius 2 is 2.00 bits per heavy atom. The number of nitrogens with zero attached hydrogens (tertiary/aromatic N) is 1. The van der Waals surface area contributed by atoms with Crippen molar-refractivity contribution in [1.82, 2.24) is 0 Å². The second-order valence-corrected chi connectivity index (χ2v) is 6.46. The van der Waals surface area contributed by atoms with Crippen molar-refractivity contribution in [3.8, 4) is 5.75 Å². The monoisotopic (exact) mass is 286 g/mol. The number of phenols is 1. The number of sulfonamides is 1. The van der Waals surface area contributed by atoms with E-state index in [1.54, 1.807) is 19.1 Å². The van der Waals surface area contributed by atoms with Gasteiger partial charge in [0.1, 0.15) is 5.75 Å². The normalized spacial score (nSPS) is 11.5. The molecule has 6 heteroatoms. The maximum absolute atomic E-state index is 12.3. The van der Waals surface area contributed by atoms with Crippen LogP contribution in [0.25, 0.3) is 0 Å². The van der Waals surface area contributed by atoms with Gasteiger partial charge in [-0.15, -0.1) is 0 Å². The van der Waals surface area contributed by atoms with Crippen molar-refractivity contribution in [2.45, 2.75) is 26.7 Å². The maximum atomic E-state index is 12.3. The van der Waals surface area contributed by atoms with Crippen molar-refractivity contribution in [2.75, 3.05) is 23.1 Å². The summed E-state index contributed by atoms with van der Waals surface area (Å²) in [5.74, 6) is 0.142. The van der Waals surface area contributed by atoms with E-state index in [1.165, 1.54) is 10.4 Å². The van der Waals surface area contributed by atoms with Gasteiger partial charge in [-0.1, -0.05) is 6.07 Å². The largest absolute Gasteiger partial charge is 0.508 e. The predicted octanol–water partition coefficient (Wildman–Crippen LogP) is 1.60. The lowest BCUT2D eigenvalue weighted by molar-refractivity contribution is 0.475. The third-order valence-electron chi connectivity index (χ3n) is 2.94. The van der Waals surface area contributed by atoms with Crippen LogP contribution in [0.5, 0.6) is 5.75 Å². The molecule has 0 spiro atoms. The molecule has 0 saturated carbocycles. The van der Waals surface area contributed by atoms with Crippen LogP contribution in [-0.2, 0) is 10.0 Å². The van der Waals surface area contributed by atoms with Gasteiger partial charge in [0.15, 0.2) is 0 Å². The molecule has 1 rings (SSSR count). The van der Waals surface area contributed by atoms with E-state index in [2.05, 4.69) is 0 Å². The topological polar surface area (TPSA) is 83.6 Å². The summed E-state index contributed by atoms with van der Waals surface area (Å²) in [5, 5.41) is 9.52. The minimum atomic E-state index is -3.37. The smallest absolute Gasteiger partial charge is 0.235 e. The van der Waals surface area contributed by atoms with Crippen LogP contribution in [0, 0.1) is 6.92 Å². The first kappa shape index (κ1) is 15.8. The third-order valence-corrected chi connectivity index (χ3v) is 4.87. The lowest BCUT2D eigenvalue weighted by atomic mass is 10.2. The molecule has 0 heterocycles. The van der Waals surface area contributed by atoms with Gasteiger partial charge >= 0.3 is 0 Å². The van der Waals surface area contributed by atoms with Crippen molar-refractivity contribution >= 4 is 15.7 Å². The van der Waals surface area contributed by atoms with Crippen LogP contribution >= 0.6 is 0 Å². The van der Waals surface area contributed by atoms with Gasteiger partial charge in [0.2, 0.25) is 10.0 Å². The highest BCUT2D eigenvalue weighted by Gasteiger charge is 2.22. The van der Waals surface area contributed by atoms with Gasteiger partial charge in [0, 0.05) is 12.6 Å². The van der Waals surface area contributed by atoms with Gasteiger partial charge in [-0.05, 0) is 44.9 Å². The summed E-state index contributed by atoms with van der Waals surface area (Å²) < 4.78 is 26.0. The Morgan fingerprint density at radius 1 is 1.32 bits per heavy atom. The molecule has 19 heavy (non-hydrogen) atoms. The van der Waals surface area contributed by atoms with E-state index in [1.807, 2.05) is 6.92 Å². The maximum Gasteiger partial charge on any atom is 0.235 e. The van der Waals surface area contributed by atoms with Gasteiger partial charge in [-0.3, -0.25) is 4.31 Å². The van der Waals surface area contributed by atoms with Gasteiger partial charge in [-0.2, -0.15) is 0 Å². The number of hydrogen-bond acceptors (Lipinski definition) is 4. The summed E-state index contributed by atoms with van der Waals surface area (Å²) in [6.45, 7) is 4.44. The second-order valence-electron chi connectivity index (χ2n) is 4.45. The quantitative estimate of drug-likeness (QED) is 0.746. The number of hydrogen-bond donors (Lipinski definition) is 2. The number of rotatable bonds is 7. The Labute approximate surface area is 115 Å². The average molecular weight is 286 g/mol. The molecule has 0 amide bonds. The zero-order valence-electron chi connectivity index (χ0n) is 11.5. The van der Waals surface area contributed by atoms with Crippen LogP contribution in [0.15, 0.2) is 18.2 Å². The number of anilines is 1. The zero-order chi connectivity index (χ0) is 14.5. The zero-order valence-corrected chi connectivity index (χ0v) is 12.3. The van der Waals surface area contributed by atoms with E-state index in [4.69, 9.17) is 5.73 Å². The van der Waals surface area contributed by atoms with Gasteiger partial charge in [-0.25, -0.2) is 8.42 Å². The number of phenolic OH excluding ortho intramolecular Hbond substituents is 1. The Morgan fingerprint density at radius 3 is 2.58 bits per heavy atom. The summed E-state index contributed by atoms with van der Waals surface area (Å²) in [7, 11) is -3.37. The fourth-order valence-electron chi connectivity index (χ4n) is 1.92. The minimum absolute atomic E-state index is 0.0659. The molecule has 0 fully saturated rings. The molecule has 0 aliphatic carbocycles. The summed E-state index contributed by atoms with van der Waals surface area (Å²) >= 11 is 0. The highest BCUT2D eigenvalue weighted by molar-refractivity contribution is 7.92. The number of unbranched alkanes of at least 4 members (excludes halogenated alkanes) is 1. The lowest BCUT2D eigenvalue weighted by Gasteiger charge is -2.24. The van der Waals surface area contributed by atoms with Crippen LogP contribution in [0.4, 0.5) is 5.69 Å². The van der Waals surface area contributed by atoms with Crippen LogP contribution in [0.2, 0.25) is 0 Å². The second kappa shape index (κ2) is 6.77. The molecular weight excluding hydrogens is 264 g/mol. The summed E-state index contributed by atoms with van der Waals surface area (Å²) in [6, 6.07) is 4.75. The van der Waals surface area contributed by atoms with Crippen molar-refractivity contribution in [2.24, 2.45) is 5.73 Å². The van der Waals surface area contributed by atoms with Gasteiger partial charge < -0.3 is 10.8 Å². The number of nitrogens with two attached hydrogens (primary N) is 1. The Hall–Kier alpha value is -1.27. The lowest BCUT2D eigenvalue weighted by Crippen LogP contribution is -2.33. The first-order valence-electron chi connectivity index (χ1n) is 6.42. The Kier molecular flexibility index (Phi) is 5.62. The molecule has 1 aromatic carbocycles. The van der Waals surface area contributed by atoms with E-state index in [0.717, 1.165) is 5.56 Å². The molecule has 0 unspecified atom stereocenters. The molecule has 0 saturated heterocycles. The molecule has 108 valence electrons. The highest BCUT2D eigenvalue weighted by atomic mass is 32.2. The molecule has 0 aromatic heterocycles. The van der Waals surface area contributed by atoms with E-state index in [9.17, 15) is 13.5 Å². The fourth-order valence-corrected chi connectivity index (χ4v) is 3.60. The molecule has 0 atom stereocenters. The number of benzene rings is 1. The van der Waals surface area contributed by atoms with Crippen LogP contribution in [-0.4, -0.2) is 32.4 Å². The SMILES string of the molecule is CCN(c1cc(O)ccc1C)S(=O)(=O)CCCCN. The molecule has 0 radical (unpaired) electrons. The average Bonchev–Trinajstić information content (AvgIpc) is 2.34. The Bertz CT molecular complexity index is 515. The van der Waals surface area contributed by atoms with Crippen molar-refractivity contribution in [3.05, 3.63) is 23.8 Å². The minimum Gasteiger partial charge on any atom is -0.508 e. The van der Waals surface area contributed by atoms with E-state index in [0.29, 0.717) is 31.6 Å². The standard InChI is InChI=1S/C13H22N2O3S/c1-3-15(19(17,18)9-5-4-8-14)13-10-12(16)7-6-11(13)2/h6-7,10,16H,3-5,8-9,14H2,1-2H3. The van der Waals surface area contributed by atoms with E-state index < -0.39 is 10.0 Å². The van der Waals surface area contributed by atoms with E-state index >= 15 is 0 Å². The van der Waals surface area contributed by atoms with Gasteiger partial charge in [0.05, 0.1) is 11.4 Å². The summed E-state index contributed by atoms with van der Waals surface area (Å²) in [5.41, 5.74) is 6.74. The first-order valence-corrected chi connectivity index (χ1v) is 8.03. The van der Waals surface area contributed by atoms with E-state index in [-0.39, 0.29) is 11.5 Å². The van der Waals surface area contributed by atoms with Crippen molar-refractivity contribution in [3.63, 3.8) is 0 Å². The summed E-state index contributed by atoms with van der Waals surface area (Å²) in [6.07, 6.45) is 1.24. The molecule has 0 aliphatic rings. The van der Waals surface area contributed by atoms with Crippen molar-refractivity contribution < 1.29 is 13.5 Å². The highest BCUT2D eigenvalue weighted by Crippen LogP contribution is 2.27. The molecule has 5 nitrogen and oxygen atoms in total. The van der Waals surface area contributed by atoms with Crippen LogP contribution in [0.3, 0.4) is 0 Å². The van der Waals surface area contributed by atoms with Crippen molar-refractivity contribution in [1.29, 1.82) is 0 Å². The fraction of sp³-hybridized carbons (Fsp3) is 0.538. The molecule has 0 bridgehead atoms. The third kappa shape index (κ3) is 4.11. The molecule has 0 aliphatic heterocycles. The van der Waals surface area contributed by atoms with Crippen LogP contribution in [0.1, 0.15) is 25.3 Å². The number of aromatic hydroxyl groups is 1. The molecule has 1 aromatic rings.